The summed E-state index contributed by atoms with van der Waals surface area (Å²) in [4.78, 5) is 19.7. The van der Waals surface area contributed by atoms with Gasteiger partial charge >= 0.3 is 6.09 Å². The highest BCUT2D eigenvalue weighted by molar-refractivity contribution is 6.01. The summed E-state index contributed by atoms with van der Waals surface area (Å²) in [5, 5.41) is 30.0. The van der Waals surface area contributed by atoms with Gasteiger partial charge in [-0.1, -0.05) is 0 Å². The molecule has 1 amide bonds. The Hall–Kier alpha value is -4.09. The van der Waals surface area contributed by atoms with Gasteiger partial charge in [0.15, 0.2) is 11.6 Å². The van der Waals surface area contributed by atoms with Gasteiger partial charge in [-0.05, 0) is 31.7 Å². The Bertz CT molecular complexity index is 1400. The third kappa shape index (κ3) is 3.47. The molecule has 2 atom stereocenters. The van der Waals surface area contributed by atoms with E-state index in [0.29, 0.717) is 33.4 Å². The smallest absolute Gasteiger partial charge is 0.407 e. The maximum absolute atomic E-state index is 15.2. The number of amides is 1. The predicted octanol–water partition coefficient (Wildman–Crippen LogP) is 3.06. The second-order valence-corrected chi connectivity index (χ2v) is 9.29. The van der Waals surface area contributed by atoms with Gasteiger partial charge in [0.05, 0.1) is 24.1 Å². The maximum atomic E-state index is 15.2. The van der Waals surface area contributed by atoms with E-state index in [1.165, 1.54) is 6.07 Å². The van der Waals surface area contributed by atoms with Crippen LogP contribution in [0, 0.1) is 5.82 Å². The second kappa shape index (κ2) is 8.00. The molecule has 2 N–H and O–H groups in total. The molecule has 2 bridgehead atoms. The number of anilines is 1. The van der Waals surface area contributed by atoms with Gasteiger partial charge in [0, 0.05) is 60.5 Å². The molecule has 1 aromatic carbocycles. The molecule has 2 fully saturated rings. The largest absolute Gasteiger partial charge is 0.465 e. The Morgan fingerprint density at radius 1 is 1.20 bits per heavy atom. The van der Waals surface area contributed by atoms with E-state index < -0.39 is 11.9 Å². The minimum atomic E-state index is -0.837. The van der Waals surface area contributed by atoms with Crippen molar-refractivity contribution in [2.24, 2.45) is 7.05 Å². The number of hydrogen-bond acceptors (Lipinski definition) is 7. The number of aromatic nitrogens is 7. The number of carboxylic acid groups (broad SMARTS) is 1. The Labute approximate surface area is 199 Å². The average Bonchev–Trinajstić information content (AvgIpc) is 3.56. The summed E-state index contributed by atoms with van der Waals surface area (Å²) in [6, 6.07) is 1.62. The third-order valence-corrected chi connectivity index (χ3v) is 7.31. The van der Waals surface area contributed by atoms with Crippen molar-refractivity contribution in [3.8, 4) is 22.5 Å². The number of H-pyrrole nitrogens is 1. The number of hydrogen-bond donors (Lipinski definition) is 2. The van der Waals surface area contributed by atoms with Gasteiger partial charge in [-0.15, -0.1) is 10.2 Å². The Morgan fingerprint density at radius 2 is 1.97 bits per heavy atom. The highest BCUT2D eigenvalue weighted by Gasteiger charge is 2.44. The molecule has 4 aromatic rings. The molecule has 6 rings (SSSR count). The lowest BCUT2D eigenvalue weighted by Gasteiger charge is -2.40. The van der Waals surface area contributed by atoms with Crippen molar-refractivity contribution in [2.75, 3.05) is 11.9 Å². The Kier molecular flexibility index (Phi) is 4.90. The zero-order valence-electron chi connectivity index (χ0n) is 19.3. The van der Waals surface area contributed by atoms with Crippen molar-refractivity contribution in [3.05, 3.63) is 36.7 Å². The molecule has 12 heteroatoms. The second-order valence-electron chi connectivity index (χ2n) is 9.29. The van der Waals surface area contributed by atoms with E-state index in [1.807, 2.05) is 11.9 Å². The molecule has 0 radical (unpaired) electrons. The first kappa shape index (κ1) is 21.4. The van der Waals surface area contributed by atoms with Crippen LogP contribution in [0.3, 0.4) is 0 Å². The van der Waals surface area contributed by atoms with E-state index >= 15 is 4.39 Å². The predicted molar refractivity (Wildman–Crippen MR) is 125 cm³/mol. The molecule has 11 nitrogen and oxygen atoms in total. The molecule has 180 valence electrons. The van der Waals surface area contributed by atoms with Crippen molar-refractivity contribution in [1.82, 2.24) is 40.1 Å². The van der Waals surface area contributed by atoms with Gasteiger partial charge in [-0.3, -0.25) is 9.78 Å². The lowest BCUT2D eigenvalue weighted by Crippen LogP contribution is -2.51. The number of benzene rings is 1. The number of aromatic amines is 1. The molecule has 2 saturated heterocycles. The number of rotatable bonds is 4. The summed E-state index contributed by atoms with van der Waals surface area (Å²) >= 11 is 0. The SMILES string of the molecule is CN(c1cnc(-c2cc(F)c(-c3cnn(C)c3)c3cn[nH]c23)nn1)C1CC2CCC(C1)N2C(=O)O. The highest BCUT2D eigenvalue weighted by Crippen LogP contribution is 2.39. The van der Waals surface area contributed by atoms with E-state index in [-0.39, 0.29) is 23.9 Å². The first-order valence-corrected chi connectivity index (χ1v) is 11.5. The van der Waals surface area contributed by atoms with Gasteiger partial charge in [0.2, 0.25) is 0 Å². The zero-order chi connectivity index (χ0) is 24.3. The van der Waals surface area contributed by atoms with Gasteiger partial charge in [-0.2, -0.15) is 10.2 Å². The van der Waals surface area contributed by atoms with Crippen LogP contribution in [0.5, 0.6) is 0 Å². The van der Waals surface area contributed by atoms with E-state index in [0.717, 1.165) is 25.7 Å². The quantitative estimate of drug-likeness (QED) is 0.459. The normalized spacial score (nSPS) is 21.6. The first-order valence-electron chi connectivity index (χ1n) is 11.5. The lowest BCUT2D eigenvalue weighted by atomic mass is 9.96. The molecule has 2 aliphatic heterocycles. The van der Waals surface area contributed by atoms with E-state index in [2.05, 4.69) is 30.5 Å². The minimum Gasteiger partial charge on any atom is -0.465 e. The fraction of sp³-hybridized carbons (Fsp3) is 0.391. The number of fused-ring (bicyclic) bond motifs is 3. The Balaban J connectivity index is 1.28. The minimum absolute atomic E-state index is 0.0360. The van der Waals surface area contributed by atoms with Crippen LogP contribution in [0.2, 0.25) is 0 Å². The number of piperidine rings is 1. The summed E-state index contributed by atoms with van der Waals surface area (Å²) in [7, 11) is 3.71. The molecule has 2 unspecified atom stereocenters. The maximum Gasteiger partial charge on any atom is 0.407 e. The number of carbonyl (C=O) groups is 1. The summed E-state index contributed by atoms with van der Waals surface area (Å²) in [6.07, 6.45) is 9.02. The molecule has 0 saturated carbocycles. The van der Waals surface area contributed by atoms with Crippen LogP contribution in [0.15, 0.2) is 30.9 Å². The van der Waals surface area contributed by atoms with Crippen LogP contribution in [-0.4, -0.2) is 76.4 Å². The molecular formula is C23H24FN9O2. The Morgan fingerprint density at radius 3 is 2.60 bits per heavy atom. The number of aryl methyl sites for hydroxylation is 1. The molecule has 5 heterocycles. The number of nitrogens with one attached hydrogen (secondary N) is 1. The average molecular weight is 478 g/mol. The van der Waals surface area contributed by atoms with Gasteiger partial charge in [0.25, 0.3) is 0 Å². The van der Waals surface area contributed by atoms with Crippen LogP contribution in [0.25, 0.3) is 33.4 Å². The zero-order valence-corrected chi connectivity index (χ0v) is 19.3. The summed E-state index contributed by atoms with van der Waals surface area (Å²) in [5.74, 6) is 0.455. The van der Waals surface area contributed by atoms with Gasteiger partial charge < -0.3 is 14.9 Å². The summed E-state index contributed by atoms with van der Waals surface area (Å²) in [5.41, 5.74) is 2.15. The fourth-order valence-electron chi connectivity index (χ4n) is 5.62. The van der Waals surface area contributed by atoms with Crippen LogP contribution in [0.4, 0.5) is 15.0 Å². The molecule has 2 aliphatic rings. The molecular weight excluding hydrogens is 453 g/mol. The standard InChI is InChI=1S/C23H24FN9O2/c1-31-11-12(8-27-31)20-17-9-26-29-21(17)16(7-18(20)24)22-25-10-19(28-30-22)32(2)15-5-13-3-4-14(6-15)33(13)23(34)35/h7-11,13-15H,3-6H2,1-2H3,(H,26,29)(H,34,35). The van der Waals surface area contributed by atoms with Crippen molar-refractivity contribution in [3.63, 3.8) is 0 Å². The first-order chi connectivity index (χ1) is 16.9. The van der Waals surface area contributed by atoms with Gasteiger partial charge in [-0.25, -0.2) is 14.2 Å². The molecule has 0 aliphatic carbocycles. The van der Waals surface area contributed by atoms with Crippen molar-refractivity contribution < 1.29 is 14.3 Å². The van der Waals surface area contributed by atoms with Crippen molar-refractivity contribution >= 4 is 22.8 Å². The molecule has 0 spiro atoms. The van der Waals surface area contributed by atoms with Crippen LogP contribution in [0.1, 0.15) is 25.7 Å². The van der Waals surface area contributed by atoms with Crippen molar-refractivity contribution in [2.45, 2.75) is 43.8 Å². The lowest BCUT2D eigenvalue weighted by molar-refractivity contribution is 0.0965. The third-order valence-electron chi connectivity index (χ3n) is 7.31. The van der Waals surface area contributed by atoms with E-state index in [1.54, 1.807) is 41.4 Å². The highest BCUT2D eigenvalue weighted by atomic mass is 19.1. The fourth-order valence-corrected chi connectivity index (χ4v) is 5.62. The van der Waals surface area contributed by atoms with E-state index in [9.17, 15) is 9.90 Å². The summed E-state index contributed by atoms with van der Waals surface area (Å²) in [6.45, 7) is 0. The monoisotopic (exact) mass is 477 g/mol. The van der Waals surface area contributed by atoms with E-state index in [4.69, 9.17) is 0 Å². The summed E-state index contributed by atoms with van der Waals surface area (Å²) < 4.78 is 16.9. The topological polar surface area (TPSA) is 129 Å². The van der Waals surface area contributed by atoms with Crippen LogP contribution in [-0.2, 0) is 7.05 Å². The molecule has 3 aromatic heterocycles. The number of halogens is 1. The van der Waals surface area contributed by atoms with Crippen LogP contribution >= 0.6 is 0 Å². The van der Waals surface area contributed by atoms with Crippen molar-refractivity contribution in [1.29, 1.82) is 0 Å². The number of nitrogens with zero attached hydrogens (tertiary/aromatic N) is 8. The van der Waals surface area contributed by atoms with Crippen LogP contribution < -0.4 is 4.90 Å². The molecule has 35 heavy (non-hydrogen) atoms. The van der Waals surface area contributed by atoms with Gasteiger partial charge in [0.1, 0.15) is 5.82 Å².